The van der Waals surface area contributed by atoms with Crippen LogP contribution in [0.15, 0.2) is 60.8 Å². The van der Waals surface area contributed by atoms with Crippen LogP contribution in [0.2, 0.25) is 0 Å². The molecule has 3 unspecified atom stereocenters. The summed E-state index contributed by atoms with van der Waals surface area (Å²) >= 11 is 0. The van der Waals surface area contributed by atoms with Gasteiger partial charge in [-0.05, 0) is 83.1 Å². The second-order valence-corrected chi connectivity index (χ2v) is 23.0. The Morgan fingerprint density at radius 2 is 0.861 bits per heavy atom. The maximum absolute atomic E-state index is 13.5. The summed E-state index contributed by atoms with van der Waals surface area (Å²) in [5.41, 5.74) is 0. The fourth-order valence-electron chi connectivity index (χ4n) is 8.49. The lowest BCUT2D eigenvalue weighted by atomic mass is 10.0. The molecule has 0 radical (unpaired) electrons. The minimum Gasteiger partial charge on any atom is -0.456 e. The molecule has 72 heavy (non-hydrogen) atoms. The number of unbranched alkanes of at least 4 members (excludes halogenated alkanes) is 30. The van der Waals surface area contributed by atoms with E-state index in [-0.39, 0.29) is 37.9 Å². The number of esters is 1. The first kappa shape index (κ1) is 69.7. The second kappa shape index (κ2) is 52.2. The SMILES string of the molecule is CCCCC/C=C\C/C=C\CCCCCCCCCCCCCC(=O)OC(/C=C\CCCCCCCCCCCC)C(COP(=O)(O)OCC[N+](C)(C)C)NC(=O)CC/C=C/C/C=C\CCCCCCCC. The standard InChI is InChI=1S/C62H115N2O7P/c1-7-10-13-16-19-22-25-28-29-30-31-32-33-34-35-37-40-43-46-49-52-55-62(66)71-60(53-50-47-44-41-38-27-24-21-18-15-12-9-3)59(58-70-72(67,68)69-57-56-64(4,5)6)63-61(65)54-51-48-45-42-39-36-26-23-20-17-14-11-8-2/h19,22,28-29,36,39,45,48,50,53,59-60H,7-18,20-21,23-27,30-35,37-38,40-44,46-47,49,51-52,54-58H2,1-6H3,(H-,63,65,67,68)/p+1/b22-19-,29-28-,39-36-,48-45+,53-50-. The fraction of sp³-hybridized carbons (Fsp3) is 0.806. The van der Waals surface area contributed by atoms with Gasteiger partial charge >= 0.3 is 13.8 Å². The van der Waals surface area contributed by atoms with Crippen LogP contribution in [-0.2, 0) is 27.9 Å². The Kier molecular flexibility index (Phi) is 50.5. The summed E-state index contributed by atoms with van der Waals surface area (Å²) in [5.74, 6) is -0.582. The molecule has 0 rings (SSSR count). The number of carbonyl (C=O) groups excluding carboxylic acids is 2. The predicted molar refractivity (Wildman–Crippen MR) is 309 cm³/mol. The largest absolute Gasteiger partial charge is 0.472 e. The van der Waals surface area contributed by atoms with Gasteiger partial charge in [-0.15, -0.1) is 0 Å². The van der Waals surface area contributed by atoms with Crippen LogP contribution in [0.3, 0.4) is 0 Å². The molecule has 10 heteroatoms. The van der Waals surface area contributed by atoms with Crippen molar-refractivity contribution in [2.45, 2.75) is 283 Å². The van der Waals surface area contributed by atoms with E-state index in [1.165, 1.54) is 173 Å². The third-order valence-electron chi connectivity index (χ3n) is 13.2. The number of hydrogen-bond acceptors (Lipinski definition) is 6. The molecule has 420 valence electrons. The lowest BCUT2D eigenvalue weighted by Gasteiger charge is -2.27. The van der Waals surface area contributed by atoms with E-state index in [9.17, 15) is 19.0 Å². The van der Waals surface area contributed by atoms with E-state index in [0.29, 0.717) is 17.4 Å². The van der Waals surface area contributed by atoms with E-state index in [4.69, 9.17) is 13.8 Å². The summed E-state index contributed by atoms with van der Waals surface area (Å²) < 4.78 is 30.6. The number of nitrogens with zero attached hydrogens (tertiary/aromatic N) is 1. The molecule has 0 saturated heterocycles. The van der Waals surface area contributed by atoms with E-state index in [2.05, 4.69) is 68.6 Å². The van der Waals surface area contributed by atoms with Gasteiger partial charge in [-0.2, -0.15) is 0 Å². The van der Waals surface area contributed by atoms with E-state index in [1.54, 1.807) is 0 Å². The number of quaternary nitrogens is 1. The number of nitrogens with one attached hydrogen (secondary N) is 1. The van der Waals surface area contributed by atoms with Crippen LogP contribution in [-0.4, -0.2) is 74.3 Å². The van der Waals surface area contributed by atoms with Crippen LogP contribution < -0.4 is 5.32 Å². The average molecular weight is 1030 g/mol. The Labute approximate surface area is 445 Å². The molecule has 0 fully saturated rings. The first-order valence-corrected chi connectivity index (χ1v) is 31.6. The van der Waals surface area contributed by atoms with Crippen LogP contribution in [0.5, 0.6) is 0 Å². The molecule has 0 aliphatic rings. The Balaban J connectivity index is 5.28. The molecule has 0 aromatic heterocycles. The minimum atomic E-state index is -4.46. The summed E-state index contributed by atoms with van der Waals surface area (Å²) in [6, 6.07) is -0.879. The highest BCUT2D eigenvalue weighted by Crippen LogP contribution is 2.43. The molecule has 0 saturated carbocycles. The van der Waals surface area contributed by atoms with Gasteiger partial charge in [0.15, 0.2) is 0 Å². The quantitative estimate of drug-likeness (QED) is 0.0205. The zero-order valence-electron chi connectivity index (χ0n) is 47.9. The third kappa shape index (κ3) is 52.6. The van der Waals surface area contributed by atoms with Crippen molar-refractivity contribution in [3.8, 4) is 0 Å². The van der Waals surface area contributed by atoms with Gasteiger partial charge in [-0.1, -0.05) is 236 Å². The normalized spacial score (nSPS) is 14.2. The third-order valence-corrected chi connectivity index (χ3v) is 14.2. The van der Waals surface area contributed by atoms with Crippen molar-refractivity contribution >= 4 is 19.7 Å². The zero-order valence-corrected chi connectivity index (χ0v) is 48.8. The number of carbonyl (C=O) groups is 2. The monoisotopic (exact) mass is 1030 g/mol. The number of phosphoric acid groups is 1. The van der Waals surface area contributed by atoms with Gasteiger partial charge in [-0.3, -0.25) is 18.6 Å². The van der Waals surface area contributed by atoms with Crippen molar-refractivity contribution in [2.75, 3.05) is 40.9 Å². The van der Waals surface area contributed by atoms with Crippen molar-refractivity contribution in [1.82, 2.24) is 5.32 Å². The average Bonchev–Trinajstić information content (AvgIpc) is 3.34. The van der Waals surface area contributed by atoms with Gasteiger partial charge in [0.05, 0.1) is 33.8 Å². The molecule has 0 aliphatic carbocycles. The van der Waals surface area contributed by atoms with Gasteiger partial charge in [-0.25, -0.2) is 4.57 Å². The number of phosphoric ester groups is 1. The van der Waals surface area contributed by atoms with E-state index in [1.807, 2.05) is 39.4 Å². The van der Waals surface area contributed by atoms with Crippen molar-refractivity contribution in [3.63, 3.8) is 0 Å². The highest BCUT2D eigenvalue weighted by molar-refractivity contribution is 7.47. The summed E-state index contributed by atoms with van der Waals surface area (Å²) in [6.45, 7) is 6.94. The van der Waals surface area contributed by atoms with Crippen molar-refractivity contribution in [3.05, 3.63) is 60.8 Å². The summed E-state index contributed by atoms with van der Waals surface area (Å²) in [6.07, 6.45) is 65.2. The minimum absolute atomic E-state index is 0.0301. The number of amides is 1. The highest BCUT2D eigenvalue weighted by Gasteiger charge is 2.30. The van der Waals surface area contributed by atoms with Gasteiger partial charge < -0.3 is 19.4 Å². The van der Waals surface area contributed by atoms with Gasteiger partial charge in [0.25, 0.3) is 0 Å². The molecule has 0 spiro atoms. The van der Waals surface area contributed by atoms with Crippen LogP contribution in [0.1, 0.15) is 271 Å². The fourth-order valence-corrected chi connectivity index (χ4v) is 9.23. The molecule has 3 atom stereocenters. The number of allylic oxidation sites excluding steroid dienone is 9. The first-order valence-electron chi connectivity index (χ1n) is 30.1. The van der Waals surface area contributed by atoms with E-state index in [0.717, 1.165) is 57.8 Å². The molecule has 0 heterocycles. The number of rotatable bonds is 54. The maximum atomic E-state index is 13.5. The van der Waals surface area contributed by atoms with Crippen molar-refractivity contribution in [2.24, 2.45) is 0 Å². The Hall–Kier alpha value is -2.29. The number of likely N-dealkylation sites (N-methyl/N-ethyl adjacent to an activating group) is 1. The molecule has 0 aromatic rings. The van der Waals surface area contributed by atoms with Gasteiger partial charge in [0.1, 0.15) is 19.3 Å². The van der Waals surface area contributed by atoms with Crippen LogP contribution >= 0.6 is 7.82 Å². The first-order chi connectivity index (χ1) is 34.9. The predicted octanol–water partition coefficient (Wildman–Crippen LogP) is 18.3. The summed E-state index contributed by atoms with van der Waals surface area (Å²) in [4.78, 5) is 37.6. The van der Waals surface area contributed by atoms with Crippen LogP contribution in [0.4, 0.5) is 0 Å². The van der Waals surface area contributed by atoms with Gasteiger partial charge in [0.2, 0.25) is 5.91 Å². The molecular formula is C62H116N2O7P+. The van der Waals surface area contributed by atoms with E-state index < -0.39 is 20.0 Å². The smallest absolute Gasteiger partial charge is 0.456 e. The lowest BCUT2D eigenvalue weighted by molar-refractivity contribution is -0.870. The van der Waals surface area contributed by atoms with E-state index >= 15 is 0 Å². The molecule has 2 N–H and O–H groups in total. The molecule has 1 amide bonds. The zero-order chi connectivity index (χ0) is 52.9. The van der Waals surface area contributed by atoms with Crippen LogP contribution in [0, 0.1) is 0 Å². The topological polar surface area (TPSA) is 111 Å². The molecule has 0 aromatic carbocycles. The summed E-state index contributed by atoms with van der Waals surface area (Å²) in [5, 5.41) is 3.01. The maximum Gasteiger partial charge on any atom is 0.472 e. The molecule has 0 bridgehead atoms. The van der Waals surface area contributed by atoms with Gasteiger partial charge in [0, 0.05) is 12.8 Å². The molecular weight excluding hydrogens is 916 g/mol. The Bertz CT molecular complexity index is 1420. The molecule has 0 aliphatic heterocycles. The second-order valence-electron chi connectivity index (χ2n) is 21.5. The van der Waals surface area contributed by atoms with Crippen molar-refractivity contribution < 1.29 is 37.3 Å². The summed E-state index contributed by atoms with van der Waals surface area (Å²) in [7, 11) is 1.46. The Morgan fingerprint density at radius 1 is 0.486 bits per heavy atom. The number of ether oxygens (including phenoxy) is 1. The van der Waals surface area contributed by atoms with Crippen molar-refractivity contribution in [1.29, 1.82) is 0 Å². The van der Waals surface area contributed by atoms with Crippen LogP contribution in [0.25, 0.3) is 0 Å². The molecule has 9 nitrogen and oxygen atoms in total. The lowest BCUT2D eigenvalue weighted by Crippen LogP contribution is -2.47. The number of hydrogen-bond donors (Lipinski definition) is 2. The Morgan fingerprint density at radius 3 is 1.31 bits per heavy atom. The highest BCUT2D eigenvalue weighted by atomic mass is 31.2.